The summed E-state index contributed by atoms with van der Waals surface area (Å²) in [5.41, 5.74) is 6.21. The van der Waals surface area contributed by atoms with Crippen LogP contribution >= 0.6 is 11.6 Å². The molecule has 2 aliphatic rings. The van der Waals surface area contributed by atoms with Crippen LogP contribution in [0.4, 0.5) is 11.4 Å². The van der Waals surface area contributed by atoms with Crippen molar-refractivity contribution in [2.75, 3.05) is 25.0 Å². The Morgan fingerprint density at radius 3 is 2.76 bits per heavy atom. The van der Waals surface area contributed by atoms with Gasteiger partial charge in [-0.25, -0.2) is 0 Å². The number of rotatable bonds is 3. The molecule has 6 heteroatoms. The Bertz CT molecular complexity index is 1040. The van der Waals surface area contributed by atoms with Crippen LogP contribution in [0.5, 0.6) is 0 Å². The van der Waals surface area contributed by atoms with Gasteiger partial charge in [-0.3, -0.25) is 19.5 Å². The van der Waals surface area contributed by atoms with Gasteiger partial charge in [0.15, 0.2) is 5.78 Å². The summed E-state index contributed by atoms with van der Waals surface area (Å²) in [6.07, 6.45) is 0.679. The lowest BCUT2D eigenvalue weighted by Crippen LogP contribution is -2.47. The minimum atomic E-state index is -0.286. The molecule has 5 nitrogen and oxygen atoms in total. The number of anilines is 1. The van der Waals surface area contributed by atoms with Gasteiger partial charge in [-0.15, -0.1) is 0 Å². The maximum absolute atomic E-state index is 13.1. The number of piperidine rings is 1. The monoisotopic (exact) mass is 409 g/mol. The van der Waals surface area contributed by atoms with E-state index in [1.54, 1.807) is 12.1 Å². The van der Waals surface area contributed by atoms with E-state index in [4.69, 9.17) is 16.6 Å². The van der Waals surface area contributed by atoms with E-state index in [0.29, 0.717) is 35.8 Å². The van der Waals surface area contributed by atoms with Crippen LogP contribution in [-0.4, -0.2) is 41.9 Å². The topological polar surface area (TPSA) is 61.8 Å². The molecular weight excluding hydrogens is 386 g/mol. The van der Waals surface area contributed by atoms with Gasteiger partial charge >= 0.3 is 0 Å². The number of nitrogens with zero attached hydrogens (tertiary/aromatic N) is 2. The third-order valence-corrected chi connectivity index (χ3v) is 6.30. The van der Waals surface area contributed by atoms with Gasteiger partial charge in [-0.2, -0.15) is 0 Å². The minimum Gasteiger partial charge on any atom is -0.325 e. The van der Waals surface area contributed by atoms with Crippen LogP contribution in [0.2, 0.25) is 5.02 Å². The molecule has 1 fully saturated rings. The zero-order chi connectivity index (χ0) is 20.7. The first-order valence-corrected chi connectivity index (χ1v) is 10.2. The molecule has 1 saturated heterocycles. The van der Waals surface area contributed by atoms with Crippen LogP contribution in [0.15, 0.2) is 35.3 Å². The van der Waals surface area contributed by atoms with Crippen molar-refractivity contribution in [3.8, 4) is 0 Å². The summed E-state index contributed by atoms with van der Waals surface area (Å²) >= 11 is 6.20. The number of hydrogen-bond acceptors (Lipinski definition) is 4. The van der Waals surface area contributed by atoms with Crippen molar-refractivity contribution >= 4 is 40.4 Å². The van der Waals surface area contributed by atoms with Crippen LogP contribution in [-0.2, 0) is 4.79 Å². The summed E-state index contributed by atoms with van der Waals surface area (Å²) in [5.74, 6) is -0.282. The van der Waals surface area contributed by atoms with Crippen LogP contribution in [0.1, 0.15) is 33.5 Å². The molecule has 150 valence electrons. The maximum Gasteiger partial charge on any atom is 0.238 e. The number of nitrogens with one attached hydrogen (secondary N) is 1. The highest BCUT2D eigenvalue weighted by atomic mass is 35.5. The van der Waals surface area contributed by atoms with Gasteiger partial charge in [0.05, 0.1) is 18.2 Å². The average molecular weight is 410 g/mol. The highest BCUT2D eigenvalue weighted by molar-refractivity contribution is 6.32. The Hall–Kier alpha value is -2.50. The number of aryl methyl sites for hydroxylation is 2. The summed E-state index contributed by atoms with van der Waals surface area (Å²) in [6.45, 7) is 7.44. The number of carbonyl (C=O) groups is 2. The third-order valence-electron chi connectivity index (χ3n) is 5.89. The van der Waals surface area contributed by atoms with Crippen LogP contribution in [0.25, 0.3) is 0 Å². The predicted molar refractivity (Wildman–Crippen MR) is 117 cm³/mol. The average Bonchev–Trinajstić information content (AvgIpc) is 2.68. The fourth-order valence-electron chi connectivity index (χ4n) is 3.99. The Morgan fingerprint density at radius 1 is 1.21 bits per heavy atom. The first-order valence-electron chi connectivity index (χ1n) is 9.83. The van der Waals surface area contributed by atoms with Crippen LogP contribution < -0.4 is 5.32 Å². The van der Waals surface area contributed by atoms with E-state index >= 15 is 0 Å². The van der Waals surface area contributed by atoms with Gasteiger partial charge in [0.2, 0.25) is 5.91 Å². The van der Waals surface area contributed by atoms with E-state index in [-0.39, 0.29) is 24.2 Å². The molecule has 0 bridgehead atoms. The van der Waals surface area contributed by atoms with E-state index in [1.165, 1.54) is 5.56 Å². The minimum absolute atomic E-state index is 0.0695. The van der Waals surface area contributed by atoms with Crippen molar-refractivity contribution in [1.82, 2.24) is 4.90 Å². The molecule has 2 aromatic rings. The second-order valence-corrected chi connectivity index (χ2v) is 8.33. The SMILES string of the molecule is Cc1ccc(NC(=O)CN2CCC3=Nc4c(ccc(Cl)c4C)C(=O)C3C2)cc1C. The van der Waals surface area contributed by atoms with E-state index in [0.717, 1.165) is 22.5 Å². The molecule has 4 rings (SSSR count). The number of carbonyl (C=O) groups excluding carboxylic acids is 2. The molecule has 1 amide bonds. The lowest BCUT2D eigenvalue weighted by Gasteiger charge is -2.35. The highest BCUT2D eigenvalue weighted by Crippen LogP contribution is 2.37. The van der Waals surface area contributed by atoms with Gasteiger partial charge in [0.25, 0.3) is 0 Å². The van der Waals surface area contributed by atoms with E-state index in [1.807, 2.05) is 43.9 Å². The van der Waals surface area contributed by atoms with Crippen LogP contribution in [0.3, 0.4) is 0 Å². The predicted octanol–water partition coefficient (Wildman–Crippen LogP) is 4.49. The second-order valence-electron chi connectivity index (χ2n) is 7.92. The molecule has 2 aromatic carbocycles. The summed E-state index contributed by atoms with van der Waals surface area (Å²) < 4.78 is 0. The van der Waals surface area contributed by atoms with Crippen molar-refractivity contribution in [2.45, 2.75) is 27.2 Å². The molecule has 2 heterocycles. The number of aliphatic imine (C=N–C) groups is 1. The smallest absolute Gasteiger partial charge is 0.238 e. The Labute approximate surface area is 175 Å². The number of ketones is 1. The zero-order valence-corrected chi connectivity index (χ0v) is 17.6. The lowest BCUT2D eigenvalue weighted by atomic mass is 9.84. The molecule has 0 aromatic heterocycles. The Morgan fingerprint density at radius 2 is 2.00 bits per heavy atom. The van der Waals surface area contributed by atoms with E-state index in [2.05, 4.69) is 5.32 Å². The molecule has 0 radical (unpaired) electrons. The Balaban J connectivity index is 1.45. The molecule has 0 saturated carbocycles. The summed E-state index contributed by atoms with van der Waals surface area (Å²) in [6, 6.07) is 9.41. The fraction of sp³-hybridized carbons (Fsp3) is 0.348. The van der Waals surface area contributed by atoms with Crippen molar-refractivity contribution in [2.24, 2.45) is 10.9 Å². The first kappa shape index (κ1) is 19.8. The third kappa shape index (κ3) is 3.85. The fourth-order valence-corrected chi connectivity index (χ4v) is 4.14. The molecule has 0 aliphatic carbocycles. The summed E-state index contributed by atoms with van der Waals surface area (Å²) in [5, 5.41) is 3.58. The molecule has 0 spiro atoms. The van der Waals surface area contributed by atoms with Gasteiger partial charge in [0.1, 0.15) is 0 Å². The van der Waals surface area contributed by atoms with Gasteiger partial charge in [0, 0.05) is 35.1 Å². The molecule has 1 N–H and O–H groups in total. The standard InChI is InChI=1S/C23H24ClN3O2/c1-13-4-5-16(10-14(13)2)25-21(28)12-27-9-8-20-18(11-27)23(29)17-6-7-19(24)15(3)22(17)26-20/h4-7,10,18H,8-9,11-12H2,1-3H3,(H,25,28). The van der Waals surface area contributed by atoms with Gasteiger partial charge < -0.3 is 5.32 Å². The molecule has 2 aliphatic heterocycles. The zero-order valence-electron chi connectivity index (χ0n) is 16.9. The van der Waals surface area contributed by atoms with Gasteiger partial charge in [-0.1, -0.05) is 17.7 Å². The lowest BCUT2D eigenvalue weighted by molar-refractivity contribution is -0.117. The normalized spacial score (nSPS) is 18.7. The molecule has 1 unspecified atom stereocenters. The second kappa shape index (κ2) is 7.73. The Kier molecular flexibility index (Phi) is 5.28. The molecule has 29 heavy (non-hydrogen) atoms. The largest absolute Gasteiger partial charge is 0.325 e. The molecular formula is C23H24ClN3O2. The summed E-state index contributed by atoms with van der Waals surface area (Å²) in [4.78, 5) is 32.4. The number of halogens is 1. The number of amides is 1. The first-order chi connectivity index (χ1) is 13.8. The number of Topliss-reactive ketones (excluding diaryl/α,β-unsaturated/α-hetero) is 1. The summed E-state index contributed by atoms with van der Waals surface area (Å²) in [7, 11) is 0. The van der Waals surface area contributed by atoms with Crippen molar-refractivity contribution in [3.05, 3.63) is 57.6 Å². The van der Waals surface area contributed by atoms with Crippen molar-refractivity contribution < 1.29 is 9.59 Å². The van der Waals surface area contributed by atoms with E-state index in [9.17, 15) is 9.59 Å². The maximum atomic E-state index is 13.1. The molecule has 1 atom stereocenters. The van der Waals surface area contributed by atoms with Crippen LogP contribution in [0, 0.1) is 26.7 Å². The van der Waals surface area contributed by atoms with Crippen molar-refractivity contribution in [3.63, 3.8) is 0 Å². The highest BCUT2D eigenvalue weighted by Gasteiger charge is 2.36. The quantitative estimate of drug-likeness (QED) is 0.812. The van der Waals surface area contributed by atoms with Gasteiger partial charge in [-0.05, 0) is 68.1 Å². The van der Waals surface area contributed by atoms with E-state index < -0.39 is 0 Å². The number of fused-ring (bicyclic) bond motifs is 2. The number of likely N-dealkylation sites (tertiary alicyclic amines) is 1. The number of benzene rings is 2. The number of hydrogen-bond donors (Lipinski definition) is 1. The van der Waals surface area contributed by atoms with Crippen molar-refractivity contribution in [1.29, 1.82) is 0 Å².